The van der Waals surface area contributed by atoms with E-state index in [0.717, 1.165) is 16.7 Å². The lowest BCUT2D eigenvalue weighted by Gasteiger charge is -2.36. The normalized spacial score (nSPS) is 16.9. The van der Waals surface area contributed by atoms with E-state index in [9.17, 15) is 14.4 Å². The Morgan fingerprint density at radius 1 is 1.10 bits per heavy atom. The predicted octanol–water partition coefficient (Wildman–Crippen LogP) is 2.53. The zero-order valence-electron chi connectivity index (χ0n) is 18.1. The van der Waals surface area contributed by atoms with Crippen LogP contribution in [0.25, 0.3) is 0 Å². The molecule has 0 aliphatic carbocycles. The van der Waals surface area contributed by atoms with Crippen LogP contribution in [0.4, 0.5) is 0 Å². The van der Waals surface area contributed by atoms with Crippen molar-refractivity contribution in [3.63, 3.8) is 0 Å². The van der Waals surface area contributed by atoms with Gasteiger partial charge in [-0.3, -0.25) is 14.4 Å². The fourth-order valence-electron chi connectivity index (χ4n) is 3.58. The molecule has 0 unspecified atom stereocenters. The highest BCUT2D eigenvalue weighted by Crippen LogP contribution is 2.24. The van der Waals surface area contributed by atoms with Crippen molar-refractivity contribution in [3.05, 3.63) is 65.2 Å². The van der Waals surface area contributed by atoms with Gasteiger partial charge in [0.1, 0.15) is 18.4 Å². The van der Waals surface area contributed by atoms with Gasteiger partial charge in [0.25, 0.3) is 5.91 Å². The summed E-state index contributed by atoms with van der Waals surface area (Å²) < 4.78 is 11.3. The van der Waals surface area contributed by atoms with E-state index in [1.54, 1.807) is 6.92 Å². The molecule has 0 spiro atoms. The number of carbonyl (C=O) groups is 3. The number of hydrogen-bond donors (Lipinski definition) is 1. The van der Waals surface area contributed by atoms with Gasteiger partial charge in [0.15, 0.2) is 6.10 Å². The average molecular weight is 424 g/mol. The fourth-order valence-corrected chi connectivity index (χ4v) is 3.58. The summed E-state index contributed by atoms with van der Waals surface area (Å²) in [4.78, 5) is 39.4. The van der Waals surface area contributed by atoms with Crippen LogP contribution in [0.1, 0.15) is 30.0 Å². The summed E-state index contributed by atoms with van der Waals surface area (Å²) >= 11 is 0. The Bertz CT molecular complexity index is 924. The first kappa shape index (κ1) is 22.3. The highest BCUT2D eigenvalue weighted by atomic mass is 16.5. The van der Waals surface area contributed by atoms with Crippen LogP contribution in [0, 0.1) is 13.8 Å². The fraction of sp³-hybridized carbons (Fsp3) is 0.375. The van der Waals surface area contributed by atoms with Gasteiger partial charge in [-0.25, -0.2) is 0 Å². The minimum absolute atomic E-state index is 0.119. The summed E-state index contributed by atoms with van der Waals surface area (Å²) in [6.07, 6.45) is -1.01. The third-order valence-electron chi connectivity index (χ3n) is 5.27. The van der Waals surface area contributed by atoms with Gasteiger partial charge in [-0.15, -0.1) is 0 Å². The van der Waals surface area contributed by atoms with E-state index in [2.05, 4.69) is 5.32 Å². The molecular formula is C24H28N2O5. The molecule has 0 radical (unpaired) electrons. The lowest BCUT2D eigenvalue weighted by Crippen LogP contribution is -2.60. The predicted molar refractivity (Wildman–Crippen MR) is 115 cm³/mol. The van der Waals surface area contributed by atoms with E-state index in [-0.39, 0.29) is 24.8 Å². The van der Waals surface area contributed by atoms with Crippen molar-refractivity contribution in [3.8, 4) is 5.75 Å². The Labute approximate surface area is 182 Å². The molecule has 1 aliphatic rings. The monoisotopic (exact) mass is 424 g/mol. The SMILES string of the molecule is Cc1cccc(C)c1O[C@@H](C)C(=O)N1CCNC(=O)[C@@H]1CC(=O)OCc1ccccc1. The number of nitrogens with zero attached hydrogens (tertiary/aromatic N) is 1. The van der Waals surface area contributed by atoms with Crippen LogP contribution in [0.5, 0.6) is 5.75 Å². The summed E-state index contributed by atoms with van der Waals surface area (Å²) in [5, 5.41) is 2.72. The average Bonchev–Trinajstić information content (AvgIpc) is 2.76. The third kappa shape index (κ3) is 5.63. The Morgan fingerprint density at radius 3 is 2.45 bits per heavy atom. The van der Waals surface area contributed by atoms with Crippen molar-refractivity contribution >= 4 is 17.8 Å². The van der Waals surface area contributed by atoms with Crippen molar-refractivity contribution in [1.29, 1.82) is 0 Å². The number of aryl methyl sites for hydroxylation is 2. The van der Waals surface area contributed by atoms with Crippen LogP contribution in [0.15, 0.2) is 48.5 Å². The van der Waals surface area contributed by atoms with E-state index in [1.807, 2.05) is 62.4 Å². The van der Waals surface area contributed by atoms with E-state index in [1.165, 1.54) is 4.90 Å². The minimum atomic E-state index is -0.923. The van der Waals surface area contributed by atoms with Gasteiger partial charge >= 0.3 is 5.97 Å². The van der Waals surface area contributed by atoms with Crippen molar-refractivity contribution in [2.24, 2.45) is 0 Å². The highest BCUT2D eigenvalue weighted by Gasteiger charge is 2.37. The summed E-state index contributed by atoms with van der Waals surface area (Å²) in [5.41, 5.74) is 2.71. The summed E-state index contributed by atoms with van der Waals surface area (Å²) in [6.45, 7) is 6.25. The number of hydrogen-bond acceptors (Lipinski definition) is 5. The van der Waals surface area contributed by atoms with Gasteiger partial charge in [0.2, 0.25) is 5.91 Å². The Kier molecular flexibility index (Phi) is 7.28. The van der Waals surface area contributed by atoms with Crippen molar-refractivity contribution in [2.75, 3.05) is 13.1 Å². The summed E-state index contributed by atoms with van der Waals surface area (Å²) in [7, 11) is 0. The van der Waals surface area contributed by atoms with Gasteiger partial charge in [0, 0.05) is 13.1 Å². The topological polar surface area (TPSA) is 84.9 Å². The van der Waals surface area contributed by atoms with Crippen molar-refractivity contribution in [2.45, 2.75) is 45.9 Å². The zero-order valence-corrected chi connectivity index (χ0v) is 18.1. The zero-order chi connectivity index (χ0) is 22.4. The number of ether oxygens (including phenoxy) is 2. The van der Waals surface area contributed by atoms with Crippen LogP contribution in [0.3, 0.4) is 0 Å². The van der Waals surface area contributed by atoms with Gasteiger partial charge in [-0.1, -0.05) is 48.5 Å². The molecule has 1 saturated heterocycles. The van der Waals surface area contributed by atoms with Crippen LogP contribution >= 0.6 is 0 Å². The largest absolute Gasteiger partial charge is 0.480 e. The second kappa shape index (κ2) is 10.1. The lowest BCUT2D eigenvalue weighted by atomic mass is 10.1. The maximum absolute atomic E-state index is 13.1. The third-order valence-corrected chi connectivity index (χ3v) is 5.27. The smallest absolute Gasteiger partial charge is 0.308 e. The van der Waals surface area contributed by atoms with Crippen LogP contribution in [-0.2, 0) is 25.7 Å². The van der Waals surface area contributed by atoms with Crippen LogP contribution < -0.4 is 10.1 Å². The Balaban J connectivity index is 1.65. The maximum Gasteiger partial charge on any atom is 0.308 e. The quantitative estimate of drug-likeness (QED) is 0.691. The molecule has 31 heavy (non-hydrogen) atoms. The number of carbonyl (C=O) groups excluding carboxylic acids is 3. The Hall–Kier alpha value is -3.35. The molecule has 7 heteroatoms. The number of esters is 1. The standard InChI is InChI=1S/C24H28N2O5/c1-16-8-7-9-17(2)22(16)31-18(3)24(29)26-13-12-25-23(28)20(26)14-21(27)30-15-19-10-5-4-6-11-19/h4-11,18,20H,12-15H2,1-3H3,(H,25,28)/t18-,20-/m0/s1. The lowest BCUT2D eigenvalue weighted by molar-refractivity contribution is -0.154. The van der Waals surface area contributed by atoms with E-state index in [4.69, 9.17) is 9.47 Å². The molecule has 3 rings (SSSR count). The molecule has 164 valence electrons. The van der Waals surface area contributed by atoms with Gasteiger partial charge in [0.05, 0.1) is 6.42 Å². The maximum atomic E-state index is 13.1. The van der Waals surface area contributed by atoms with Crippen molar-refractivity contribution in [1.82, 2.24) is 10.2 Å². The van der Waals surface area contributed by atoms with Gasteiger partial charge in [-0.2, -0.15) is 0 Å². The van der Waals surface area contributed by atoms with Crippen LogP contribution in [0.2, 0.25) is 0 Å². The second-order valence-corrected chi connectivity index (χ2v) is 7.67. The molecule has 2 atom stereocenters. The molecule has 0 saturated carbocycles. The number of benzene rings is 2. The molecule has 1 N–H and O–H groups in total. The van der Waals surface area contributed by atoms with Gasteiger partial charge < -0.3 is 19.7 Å². The summed E-state index contributed by atoms with van der Waals surface area (Å²) in [6, 6.07) is 14.1. The molecule has 2 amide bonds. The summed E-state index contributed by atoms with van der Waals surface area (Å²) in [5.74, 6) is -0.579. The molecule has 0 bridgehead atoms. The molecule has 1 aliphatic heterocycles. The van der Waals surface area contributed by atoms with Crippen LogP contribution in [-0.4, -0.2) is 47.9 Å². The highest BCUT2D eigenvalue weighted by molar-refractivity contribution is 5.93. The van der Waals surface area contributed by atoms with E-state index < -0.39 is 18.1 Å². The molecule has 0 aromatic heterocycles. The molecular weight excluding hydrogens is 396 g/mol. The number of para-hydroxylation sites is 1. The second-order valence-electron chi connectivity index (χ2n) is 7.67. The molecule has 1 heterocycles. The first-order chi connectivity index (χ1) is 14.9. The van der Waals surface area contributed by atoms with E-state index >= 15 is 0 Å². The number of nitrogens with one attached hydrogen (secondary N) is 1. The molecule has 2 aromatic rings. The minimum Gasteiger partial charge on any atom is -0.480 e. The number of amides is 2. The molecule has 2 aromatic carbocycles. The van der Waals surface area contributed by atoms with Gasteiger partial charge in [-0.05, 0) is 37.5 Å². The first-order valence-corrected chi connectivity index (χ1v) is 10.4. The van der Waals surface area contributed by atoms with E-state index in [0.29, 0.717) is 18.8 Å². The van der Waals surface area contributed by atoms with Crippen molar-refractivity contribution < 1.29 is 23.9 Å². The Morgan fingerprint density at radius 2 is 1.77 bits per heavy atom. The number of piperazine rings is 1. The molecule has 1 fully saturated rings. The number of rotatable bonds is 7. The molecule has 7 nitrogen and oxygen atoms in total. The first-order valence-electron chi connectivity index (χ1n) is 10.4.